The molecule has 0 aromatic heterocycles. The van der Waals surface area contributed by atoms with Gasteiger partial charge in [0.1, 0.15) is 6.10 Å². The van der Waals surface area contributed by atoms with Crippen molar-refractivity contribution in [2.45, 2.75) is 11.0 Å². The summed E-state index contributed by atoms with van der Waals surface area (Å²) in [5.41, 5.74) is 1.74. The Kier molecular flexibility index (Phi) is 4.46. The third-order valence-electron chi connectivity index (χ3n) is 2.56. The first-order valence-electron chi connectivity index (χ1n) is 5.68. The largest absolute Gasteiger partial charge is 0.376 e. The fraction of sp³-hybridized carbons (Fsp3) is 0.125. The van der Waals surface area contributed by atoms with E-state index in [1.807, 2.05) is 60.9 Å². The van der Waals surface area contributed by atoms with Crippen molar-refractivity contribution in [3.05, 3.63) is 65.7 Å². The van der Waals surface area contributed by atoms with Gasteiger partial charge in [0.2, 0.25) is 0 Å². The molecule has 1 unspecified atom stereocenters. The average Bonchev–Trinajstić information content (AvgIpc) is 2.46. The van der Waals surface area contributed by atoms with Gasteiger partial charge in [0.25, 0.3) is 0 Å². The minimum atomic E-state index is -0.735. The van der Waals surface area contributed by atoms with Crippen LogP contribution in [-0.4, -0.2) is 11.4 Å². The van der Waals surface area contributed by atoms with Gasteiger partial charge in [-0.05, 0) is 36.1 Å². The molecule has 0 radical (unpaired) electrons. The quantitative estimate of drug-likeness (QED) is 0.654. The Morgan fingerprint density at radius 1 is 1.00 bits per heavy atom. The lowest BCUT2D eigenvalue weighted by molar-refractivity contribution is 0.238. The summed E-state index contributed by atoms with van der Waals surface area (Å²) in [5, 5.41) is 9.97. The van der Waals surface area contributed by atoms with Gasteiger partial charge in [0, 0.05) is 10.5 Å². The molecule has 0 amide bonds. The summed E-state index contributed by atoms with van der Waals surface area (Å²) in [6.45, 7) is 0. The van der Waals surface area contributed by atoms with Gasteiger partial charge in [-0.25, -0.2) is 0 Å². The van der Waals surface area contributed by atoms with Crippen LogP contribution in [0.1, 0.15) is 17.2 Å². The second-order valence-electron chi connectivity index (χ2n) is 3.81. The lowest BCUT2D eigenvalue weighted by atomic mass is 10.1. The second kappa shape index (κ2) is 6.30. The van der Waals surface area contributed by atoms with Crippen LogP contribution < -0.4 is 0 Å². The number of hydrogen-bond donors (Lipinski definition) is 1. The van der Waals surface area contributed by atoms with Gasteiger partial charge >= 0.3 is 0 Å². The highest BCUT2D eigenvalue weighted by Crippen LogP contribution is 2.18. The van der Waals surface area contributed by atoms with Crippen LogP contribution in [0, 0.1) is 11.8 Å². The molecule has 0 aliphatic carbocycles. The summed E-state index contributed by atoms with van der Waals surface area (Å²) >= 11 is 1.68. The molecule has 2 aromatic carbocycles. The van der Waals surface area contributed by atoms with Crippen molar-refractivity contribution in [3.8, 4) is 11.8 Å². The normalized spacial score (nSPS) is 11.4. The first-order valence-corrected chi connectivity index (χ1v) is 6.90. The number of hydrogen-bond acceptors (Lipinski definition) is 2. The van der Waals surface area contributed by atoms with Crippen molar-refractivity contribution in [3.63, 3.8) is 0 Å². The fourth-order valence-electron chi connectivity index (χ4n) is 1.54. The predicted molar refractivity (Wildman–Crippen MR) is 76.5 cm³/mol. The third kappa shape index (κ3) is 3.40. The van der Waals surface area contributed by atoms with Crippen molar-refractivity contribution < 1.29 is 5.11 Å². The molecular weight excluding hydrogens is 240 g/mol. The van der Waals surface area contributed by atoms with Gasteiger partial charge in [-0.1, -0.05) is 42.2 Å². The molecule has 1 N–H and O–H groups in total. The Hall–Kier alpha value is -1.69. The molecule has 2 rings (SSSR count). The summed E-state index contributed by atoms with van der Waals surface area (Å²) < 4.78 is 0. The number of rotatable bonds is 2. The zero-order chi connectivity index (χ0) is 12.8. The highest BCUT2D eigenvalue weighted by atomic mass is 32.2. The summed E-state index contributed by atoms with van der Waals surface area (Å²) in [5.74, 6) is 5.82. The van der Waals surface area contributed by atoms with Crippen LogP contribution in [0.3, 0.4) is 0 Å². The lowest BCUT2D eigenvalue weighted by Gasteiger charge is -2.04. The number of thioether (sulfide) groups is 1. The molecule has 90 valence electrons. The van der Waals surface area contributed by atoms with Crippen LogP contribution in [-0.2, 0) is 0 Å². The van der Waals surface area contributed by atoms with Crippen molar-refractivity contribution in [1.29, 1.82) is 0 Å². The van der Waals surface area contributed by atoms with Crippen molar-refractivity contribution in [2.75, 3.05) is 6.26 Å². The second-order valence-corrected chi connectivity index (χ2v) is 4.69. The van der Waals surface area contributed by atoms with Gasteiger partial charge in [0.15, 0.2) is 0 Å². The van der Waals surface area contributed by atoms with Crippen LogP contribution in [0.25, 0.3) is 0 Å². The molecule has 0 saturated heterocycles. The van der Waals surface area contributed by atoms with Gasteiger partial charge in [-0.15, -0.1) is 11.8 Å². The van der Waals surface area contributed by atoms with E-state index in [-0.39, 0.29) is 0 Å². The summed E-state index contributed by atoms with van der Waals surface area (Å²) in [7, 11) is 0. The van der Waals surface area contributed by atoms with E-state index in [0.717, 1.165) is 11.1 Å². The zero-order valence-electron chi connectivity index (χ0n) is 10.1. The van der Waals surface area contributed by atoms with Crippen molar-refractivity contribution in [2.24, 2.45) is 0 Å². The van der Waals surface area contributed by atoms with E-state index in [4.69, 9.17) is 0 Å². The van der Waals surface area contributed by atoms with E-state index in [1.165, 1.54) is 4.90 Å². The minimum Gasteiger partial charge on any atom is -0.376 e. The Labute approximate surface area is 112 Å². The Bertz CT molecular complexity index is 549. The van der Waals surface area contributed by atoms with Crippen LogP contribution in [0.5, 0.6) is 0 Å². The number of benzene rings is 2. The molecule has 0 aliphatic heterocycles. The third-order valence-corrected chi connectivity index (χ3v) is 3.30. The SMILES string of the molecule is CSc1ccc(C(O)C#Cc2ccccc2)cc1. The molecule has 1 nitrogen and oxygen atoms in total. The van der Waals surface area contributed by atoms with Crippen LogP contribution in [0.4, 0.5) is 0 Å². The van der Waals surface area contributed by atoms with E-state index in [2.05, 4.69) is 11.8 Å². The highest BCUT2D eigenvalue weighted by Gasteiger charge is 2.02. The van der Waals surface area contributed by atoms with E-state index in [0.29, 0.717) is 0 Å². The topological polar surface area (TPSA) is 20.2 Å². The molecule has 18 heavy (non-hydrogen) atoms. The van der Waals surface area contributed by atoms with Crippen LogP contribution >= 0.6 is 11.8 Å². The number of aliphatic hydroxyl groups is 1. The van der Waals surface area contributed by atoms with Gasteiger partial charge < -0.3 is 5.11 Å². The summed E-state index contributed by atoms with van der Waals surface area (Å²) in [4.78, 5) is 1.18. The fourth-order valence-corrected chi connectivity index (χ4v) is 1.95. The number of aliphatic hydroxyl groups excluding tert-OH is 1. The lowest BCUT2D eigenvalue weighted by Crippen LogP contribution is -1.93. The molecule has 0 saturated carbocycles. The smallest absolute Gasteiger partial charge is 0.140 e. The maximum absolute atomic E-state index is 9.97. The highest BCUT2D eigenvalue weighted by molar-refractivity contribution is 7.98. The van der Waals surface area contributed by atoms with E-state index in [9.17, 15) is 5.11 Å². The molecule has 0 fully saturated rings. The first-order chi connectivity index (χ1) is 8.79. The van der Waals surface area contributed by atoms with E-state index in [1.54, 1.807) is 11.8 Å². The molecule has 0 aliphatic rings. The maximum Gasteiger partial charge on any atom is 0.140 e. The van der Waals surface area contributed by atoms with E-state index >= 15 is 0 Å². The van der Waals surface area contributed by atoms with Gasteiger partial charge in [-0.3, -0.25) is 0 Å². The summed E-state index contributed by atoms with van der Waals surface area (Å²) in [6.07, 6.45) is 1.29. The monoisotopic (exact) mass is 254 g/mol. The Balaban J connectivity index is 2.12. The summed E-state index contributed by atoms with van der Waals surface area (Å²) in [6, 6.07) is 17.5. The molecule has 2 heteroatoms. The Morgan fingerprint density at radius 2 is 1.67 bits per heavy atom. The zero-order valence-corrected chi connectivity index (χ0v) is 10.9. The Morgan fingerprint density at radius 3 is 2.28 bits per heavy atom. The molecule has 2 aromatic rings. The molecule has 0 heterocycles. The van der Waals surface area contributed by atoms with E-state index < -0.39 is 6.10 Å². The van der Waals surface area contributed by atoms with Gasteiger partial charge in [0.05, 0.1) is 0 Å². The van der Waals surface area contributed by atoms with Crippen molar-refractivity contribution in [1.82, 2.24) is 0 Å². The average molecular weight is 254 g/mol. The standard InChI is InChI=1S/C16H14OS/c1-18-15-10-8-14(9-11-15)16(17)12-7-13-5-3-2-4-6-13/h2-6,8-11,16-17H,1H3. The van der Waals surface area contributed by atoms with Crippen LogP contribution in [0.15, 0.2) is 59.5 Å². The predicted octanol–water partition coefficient (Wildman–Crippen LogP) is 3.49. The minimum absolute atomic E-state index is 0.735. The first kappa shape index (κ1) is 12.8. The molecular formula is C16H14OS. The molecule has 1 atom stereocenters. The van der Waals surface area contributed by atoms with Gasteiger partial charge in [-0.2, -0.15) is 0 Å². The molecule has 0 spiro atoms. The van der Waals surface area contributed by atoms with Crippen molar-refractivity contribution >= 4 is 11.8 Å². The maximum atomic E-state index is 9.97. The molecule has 0 bridgehead atoms. The van der Waals surface area contributed by atoms with Crippen LogP contribution in [0.2, 0.25) is 0 Å².